The van der Waals surface area contributed by atoms with Crippen LogP contribution >= 0.6 is 0 Å². The van der Waals surface area contributed by atoms with Gasteiger partial charge in [0.2, 0.25) is 0 Å². The summed E-state index contributed by atoms with van der Waals surface area (Å²) in [5, 5.41) is 7.60. The molecule has 1 atom stereocenters. The average molecular weight is 282 g/mol. The van der Waals surface area contributed by atoms with Gasteiger partial charge in [0.15, 0.2) is 0 Å². The minimum atomic E-state index is 0.145. The van der Waals surface area contributed by atoms with E-state index in [1.54, 1.807) is 17.3 Å². The second-order valence-corrected chi connectivity index (χ2v) is 5.06. The zero-order chi connectivity index (χ0) is 14.7. The third kappa shape index (κ3) is 3.10. The fourth-order valence-electron chi connectivity index (χ4n) is 2.37. The molecule has 1 aromatic carbocycles. The largest absolute Gasteiger partial charge is 0.375 e. The number of benzene rings is 1. The molecule has 0 aliphatic carbocycles. The number of aryl methyl sites for hydroxylation is 1. The van der Waals surface area contributed by atoms with E-state index >= 15 is 0 Å². The van der Waals surface area contributed by atoms with Crippen molar-refractivity contribution in [2.45, 2.75) is 19.5 Å². The number of imidazole rings is 1. The van der Waals surface area contributed by atoms with Crippen molar-refractivity contribution in [1.29, 1.82) is 0 Å². The molecule has 2 heterocycles. The fraction of sp³-hybridized carbons (Fsp3) is 0.267. The molecular weight excluding hydrogens is 264 g/mol. The normalized spacial score (nSPS) is 12.3. The number of hydrogen-bond donors (Lipinski definition) is 1. The van der Waals surface area contributed by atoms with E-state index in [-0.39, 0.29) is 6.04 Å². The molecule has 0 amide bonds. The van der Waals surface area contributed by atoms with Crippen molar-refractivity contribution in [3.05, 3.63) is 60.7 Å². The van der Waals surface area contributed by atoms with E-state index in [4.69, 9.17) is 0 Å². The highest BCUT2D eigenvalue weighted by atomic mass is 15.3. The third-order valence-electron chi connectivity index (χ3n) is 3.37. The Morgan fingerprint density at radius 3 is 2.95 bits per heavy atom. The van der Waals surface area contributed by atoms with Crippen LogP contribution in [0.5, 0.6) is 0 Å². The summed E-state index contributed by atoms with van der Waals surface area (Å²) in [4.78, 5) is 8.33. The standard InChI is InChI=1S/C15H18N6/c1-12(15-17-6-7-20(15)2)19-14-5-3-4-13(8-14)9-21-11-16-10-18-21/h3-8,10-12,19H,9H2,1-2H3. The van der Waals surface area contributed by atoms with Gasteiger partial charge in [-0.3, -0.25) is 0 Å². The Hall–Kier alpha value is -2.63. The third-order valence-corrected chi connectivity index (χ3v) is 3.37. The van der Waals surface area contributed by atoms with Crippen LogP contribution in [0.15, 0.2) is 49.3 Å². The zero-order valence-electron chi connectivity index (χ0n) is 12.1. The fourth-order valence-corrected chi connectivity index (χ4v) is 2.37. The van der Waals surface area contributed by atoms with Crippen LogP contribution in [-0.2, 0) is 13.6 Å². The molecule has 1 N–H and O–H groups in total. The Morgan fingerprint density at radius 2 is 2.24 bits per heavy atom. The van der Waals surface area contributed by atoms with E-state index in [2.05, 4.69) is 45.5 Å². The molecule has 0 spiro atoms. The van der Waals surface area contributed by atoms with Gasteiger partial charge in [-0.15, -0.1) is 0 Å². The van der Waals surface area contributed by atoms with E-state index < -0.39 is 0 Å². The summed E-state index contributed by atoms with van der Waals surface area (Å²) in [7, 11) is 2.00. The monoisotopic (exact) mass is 282 g/mol. The van der Waals surface area contributed by atoms with Gasteiger partial charge in [0, 0.05) is 25.1 Å². The van der Waals surface area contributed by atoms with Gasteiger partial charge in [0.1, 0.15) is 18.5 Å². The Kier molecular flexibility index (Phi) is 3.68. The summed E-state index contributed by atoms with van der Waals surface area (Å²) in [6.45, 7) is 2.82. The second-order valence-electron chi connectivity index (χ2n) is 5.06. The van der Waals surface area contributed by atoms with Gasteiger partial charge < -0.3 is 9.88 Å². The summed E-state index contributed by atoms with van der Waals surface area (Å²) < 4.78 is 3.83. The van der Waals surface area contributed by atoms with E-state index in [0.717, 1.165) is 11.5 Å². The van der Waals surface area contributed by atoms with Crippen LogP contribution in [0.1, 0.15) is 24.4 Å². The summed E-state index contributed by atoms with van der Waals surface area (Å²) in [6.07, 6.45) is 7.03. The molecule has 0 bridgehead atoms. The molecular formula is C15H18N6. The van der Waals surface area contributed by atoms with Crippen molar-refractivity contribution in [3.8, 4) is 0 Å². The lowest BCUT2D eigenvalue weighted by Crippen LogP contribution is -2.12. The van der Waals surface area contributed by atoms with Crippen molar-refractivity contribution in [3.63, 3.8) is 0 Å². The Balaban J connectivity index is 1.72. The van der Waals surface area contributed by atoms with Crippen LogP contribution in [0.2, 0.25) is 0 Å². The van der Waals surface area contributed by atoms with Gasteiger partial charge >= 0.3 is 0 Å². The highest BCUT2D eigenvalue weighted by Gasteiger charge is 2.10. The first kappa shape index (κ1) is 13.4. The smallest absolute Gasteiger partial charge is 0.137 e. The summed E-state index contributed by atoms with van der Waals surface area (Å²) >= 11 is 0. The second kappa shape index (κ2) is 5.78. The first-order valence-electron chi connectivity index (χ1n) is 6.87. The molecule has 6 nitrogen and oxygen atoms in total. The number of rotatable bonds is 5. The minimum Gasteiger partial charge on any atom is -0.375 e. The average Bonchev–Trinajstić information content (AvgIpc) is 3.10. The van der Waals surface area contributed by atoms with Gasteiger partial charge in [0.25, 0.3) is 0 Å². The molecule has 0 aliphatic rings. The van der Waals surface area contributed by atoms with Gasteiger partial charge in [0.05, 0.1) is 12.6 Å². The van der Waals surface area contributed by atoms with Crippen molar-refractivity contribution >= 4 is 5.69 Å². The van der Waals surface area contributed by atoms with Crippen LogP contribution in [0.25, 0.3) is 0 Å². The first-order valence-corrected chi connectivity index (χ1v) is 6.87. The number of hydrogen-bond acceptors (Lipinski definition) is 4. The Labute approximate surface area is 123 Å². The molecule has 2 aromatic heterocycles. The van der Waals surface area contributed by atoms with Gasteiger partial charge in [-0.1, -0.05) is 12.1 Å². The van der Waals surface area contributed by atoms with Crippen molar-refractivity contribution in [2.75, 3.05) is 5.32 Å². The van der Waals surface area contributed by atoms with Crippen LogP contribution in [-0.4, -0.2) is 24.3 Å². The van der Waals surface area contributed by atoms with Crippen LogP contribution in [0.4, 0.5) is 5.69 Å². The Bertz CT molecular complexity index is 701. The summed E-state index contributed by atoms with van der Waals surface area (Å²) in [5.74, 6) is 1.01. The maximum absolute atomic E-state index is 4.37. The van der Waals surface area contributed by atoms with Gasteiger partial charge in [-0.2, -0.15) is 5.10 Å². The topological polar surface area (TPSA) is 60.6 Å². The number of aromatic nitrogens is 5. The van der Waals surface area contributed by atoms with Crippen LogP contribution in [0, 0.1) is 0 Å². The maximum Gasteiger partial charge on any atom is 0.137 e. The number of nitrogens with zero attached hydrogens (tertiary/aromatic N) is 5. The summed E-state index contributed by atoms with van der Waals surface area (Å²) in [6, 6.07) is 8.45. The molecule has 3 rings (SSSR count). The highest BCUT2D eigenvalue weighted by molar-refractivity contribution is 5.47. The lowest BCUT2D eigenvalue weighted by atomic mass is 10.2. The van der Waals surface area contributed by atoms with Crippen LogP contribution < -0.4 is 5.32 Å². The zero-order valence-corrected chi connectivity index (χ0v) is 12.1. The van der Waals surface area contributed by atoms with Gasteiger partial charge in [-0.05, 0) is 24.6 Å². The SMILES string of the molecule is CC(Nc1cccc(Cn2cncn2)c1)c1nccn1C. The minimum absolute atomic E-state index is 0.145. The van der Waals surface area contributed by atoms with Crippen molar-refractivity contribution < 1.29 is 0 Å². The van der Waals surface area contributed by atoms with E-state index in [1.807, 2.05) is 30.1 Å². The lowest BCUT2D eigenvalue weighted by molar-refractivity contribution is 0.684. The predicted molar refractivity (Wildman–Crippen MR) is 80.8 cm³/mol. The number of anilines is 1. The number of nitrogens with one attached hydrogen (secondary N) is 1. The van der Waals surface area contributed by atoms with Gasteiger partial charge in [-0.25, -0.2) is 14.6 Å². The molecule has 0 saturated carbocycles. The van der Waals surface area contributed by atoms with E-state index in [1.165, 1.54) is 5.56 Å². The highest BCUT2D eigenvalue weighted by Crippen LogP contribution is 2.18. The maximum atomic E-state index is 4.37. The van der Waals surface area contributed by atoms with Crippen molar-refractivity contribution in [2.24, 2.45) is 7.05 Å². The molecule has 108 valence electrons. The molecule has 6 heteroatoms. The molecule has 0 aliphatic heterocycles. The van der Waals surface area contributed by atoms with E-state index in [9.17, 15) is 0 Å². The van der Waals surface area contributed by atoms with Crippen LogP contribution in [0.3, 0.4) is 0 Å². The molecule has 3 aromatic rings. The lowest BCUT2D eigenvalue weighted by Gasteiger charge is -2.15. The summed E-state index contributed by atoms with van der Waals surface area (Å²) in [5.41, 5.74) is 2.25. The molecule has 0 radical (unpaired) electrons. The predicted octanol–water partition coefficient (Wildman–Crippen LogP) is 2.23. The Morgan fingerprint density at radius 1 is 1.33 bits per heavy atom. The van der Waals surface area contributed by atoms with E-state index in [0.29, 0.717) is 6.54 Å². The molecule has 21 heavy (non-hydrogen) atoms. The van der Waals surface area contributed by atoms with Crippen molar-refractivity contribution in [1.82, 2.24) is 24.3 Å². The molecule has 0 fully saturated rings. The first-order chi connectivity index (χ1) is 10.2. The quantitative estimate of drug-likeness (QED) is 0.779. The molecule has 0 saturated heterocycles. The molecule has 1 unspecified atom stereocenters.